The van der Waals surface area contributed by atoms with Crippen LogP contribution in [0.1, 0.15) is 31.0 Å². The summed E-state index contributed by atoms with van der Waals surface area (Å²) in [6.45, 7) is 5.87. The third kappa shape index (κ3) is 5.52. The minimum Gasteiger partial charge on any atom is -0.467 e. The quantitative estimate of drug-likeness (QED) is 0.645. The number of nitrogens with one attached hydrogen (secondary N) is 1. The maximum Gasteiger partial charge on any atom is 0.328 e. The summed E-state index contributed by atoms with van der Waals surface area (Å²) in [4.78, 5) is 27.6. The average molecular weight is 296 g/mol. The first-order valence-electron chi connectivity index (χ1n) is 6.41. The molecule has 1 rings (SSSR count). The van der Waals surface area contributed by atoms with Gasteiger partial charge in [-0.1, -0.05) is 13.8 Å². The summed E-state index contributed by atoms with van der Waals surface area (Å²) in [7, 11) is 1.32. The lowest BCUT2D eigenvalue weighted by atomic mass is 10.0. The highest BCUT2D eigenvalue weighted by Crippen LogP contribution is 2.09. The number of amides is 1. The van der Waals surface area contributed by atoms with Crippen LogP contribution >= 0.6 is 11.3 Å². The molecule has 0 spiro atoms. The Morgan fingerprint density at radius 3 is 2.70 bits per heavy atom. The van der Waals surface area contributed by atoms with E-state index in [0.29, 0.717) is 6.42 Å². The van der Waals surface area contributed by atoms with Crippen molar-refractivity contribution < 1.29 is 14.3 Å². The Bertz CT molecular complexity index is 494. The van der Waals surface area contributed by atoms with Crippen LogP contribution in [0.4, 0.5) is 0 Å². The highest BCUT2D eigenvalue weighted by Gasteiger charge is 2.21. The van der Waals surface area contributed by atoms with Gasteiger partial charge in [-0.05, 0) is 25.3 Å². The average Bonchev–Trinajstić information content (AvgIpc) is 2.80. The van der Waals surface area contributed by atoms with Crippen LogP contribution in [0.25, 0.3) is 6.08 Å². The number of ether oxygens (including phenoxy) is 1. The van der Waals surface area contributed by atoms with Crippen molar-refractivity contribution in [2.24, 2.45) is 5.92 Å². The molecule has 110 valence electrons. The van der Waals surface area contributed by atoms with Gasteiger partial charge in [-0.25, -0.2) is 9.78 Å². The first kappa shape index (κ1) is 16.4. The molecule has 0 radical (unpaired) electrons. The van der Waals surface area contributed by atoms with Gasteiger partial charge in [0.15, 0.2) is 0 Å². The van der Waals surface area contributed by atoms with E-state index < -0.39 is 12.0 Å². The molecule has 1 heterocycles. The number of rotatable bonds is 6. The molecule has 0 saturated carbocycles. The van der Waals surface area contributed by atoms with Crippen LogP contribution < -0.4 is 5.32 Å². The molecular weight excluding hydrogens is 276 g/mol. The maximum absolute atomic E-state index is 11.8. The van der Waals surface area contributed by atoms with Crippen LogP contribution in [-0.2, 0) is 14.3 Å². The zero-order valence-corrected chi connectivity index (χ0v) is 13.0. The van der Waals surface area contributed by atoms with Crippen LogP contribution in [0, 0.1) is 12.8 Å². The Balaban J connectivity index is 2.61. The number of aryl methyl sites for hydroxylation is 1. The smallest absolute Gasteiger partial charge is 0.328 e. The lowest BCUT2D eigenvalue weighted by Crippen LogP contribution is -2.41. The minimum absolute atomic E-state index is 0.282. The molecule has 0 bridgehead atoms. The molecular formula is C14H20N2O3S. The van der Waals surface area contributed by atoms with Gasteiger partial charge in [0.2, 0.25) is 5.91 Å². The molecule has 0 aliphatic heterocycles. The van der Waals surface area contributed by atoms with E-state index in [1.54, 1.807) is 6.08 Å². The Hall–Kier alpha value is -1.69. The van der Waals surface area contributed by atoms with Gasteiger partial charge < -0.3 is 10.1 Å². The summed E-state index contributed by atoms with van der Waals surface area (Å²) in [6, 6.07) is -0.616. The molecule has 1 aromatic rings. The number of thiazole rings is 1. The summed E-state index contributed by atoms with van der Waals surface area (Å²) in [5, 5.41) is 5.46. The van der Waals surface area contributed by atoms with E-state index in [1.165, 1.54) is 24.5 Å². The first-order chi connectivity index (χ1) is 9.42. The van der Waals surface area contributed by atoms with Crippen molar-refractivity contribution in [1.29, 1.82) is 0 Å². The third-order valence-corrected chi connectivity index (χ3v) is 3.34. The third-order valence-electron chi connectivity index (χ3n) is 2.55. The van der Waals surface area contributed by atoms with Crippen LogP contribution in [0.2, 0.25) is 0 Å². The topological polar surface area (TPSA) is 68.3 Å². The van der Waals surface area contributed by atoms with Crippen molar-refractivity contribution in [3.05, 3.63) is 22.2 Å². The van der Waals surface area contributed by atoms with Gasteiger partial charge in [0.1, 0.15) is 6.04 Å². The van der Waals surface area contributed by atoms with E-state index in [-0.39, 0.29) is 11.8 Å². The fraction of sp³-hybridized carbons (Fsp3) is 0.500. The summed E-state index contributed by atoms with van der Waals surface area (Å²) in [5.74, 6) is -0.471. The van der Waals surface area contributed by atoms with Gasteiger partial charge in [0, 0.05) is 11.5 Å². The molecule has 0 aromatic carbocycles. The van der Waals surface area contributed by atoms with Crippen LogP contribution in [-0.4, -0.2) is 30.0 Å². The fourth-order valence-corrected chi connectivity index (χ4v) is 2.25. The highest BCUT2D eigenvalue weighted by atomic mass is 32.1. The van der Waals surface area contributed by atoms with Gasteiger partial charge in [0.25, 0.3) is 0 Å². The summed E-state index contributed by atoms with van der Waals surface area (Å²) in [6.07, 6.45) is 3.55. The summed E-state index contributed by atoms with van der Waals surface area (Å²) in [5.41, 5.74) is 0.737. The van der Waals surface area contributed by atoms with Gasteiger partial charge >= 0.3 is 5.97 Å². The Morgan fingerprint density at radius 1 is 1.50 bits per heavy atom. The maximum atomic E-state index is 11.8. The van der Waals surface area contributed by atoms with Crippen molar-refractivity contribution in [2.45, 2.75) is 33.2 Å². The second-order valence-electron chi connectivity index (χ2n) is 4.84. The van der Waals surface area contributed by atoms with E-state index in [9.17, 15) is 9.59 Å². The highest BCUT2D eigenvalue weighted by molar-refractivity contribution is 7.09. The fourth-order valence-electron chi connectivity index (χ4n) is 1.67. The molecule has 5 nitrogen and oxygen atoms in total. The van der Waals surface area contributed by atoms with Crippen molar-refractivity contribution in [3.8, 4) is 0 Å². The van der Waals surface area contributed by atoms with Crippen molar-refractivity contribution >= 4 is 29.3 Å². The molecule has 1 aromatic heterocycles. The van der Waals surface area contributed by atoms with E-state index >= 15 is 0 Å². The van der Waals surface area contributed by atoms with Gasteiger partial charge in [-0.3, -0.25) is 4.79 Å². The second kappa shape index (κ2) is 7.79. The van der Waals surface area contributed by atoms with E-state index in [2.05, 4.69) is 10.3 Å². The zero-order valence-electron chi connectivity index (χ0n) is 12.2. The molecule has 1 amide bonds. The van der Waals surface area contributed by atoms with Crippen molar-refractivity contribution in [1.82, 2.24) is 10.3 Å². The largest absolute Gasteiger partial charge is 0.467 e. The molecule has 1 atom stereocenters. The predicted molar refractivity (Wildman–Crippen MR) is 79.3 cm³/mol. The molecule has 0 aliphatic carbocycles. The van der Waals surface area contributed by atoms with E-state index in [0.717, 1.165) is 10.7 Å². The van der Waals surface area contributed by atoms with E-state index in [1.807, 2.05) is 26.2 Å². The van der Waals surface area contributed by atoms with Gasteiger partial charge in [-0.2, -0.15) is 0 Å². The number of methoxy groups -OCH3 is 1. The number of aromatic nitrogens is 1. The van der Waals surface area contributed by atoms with Gasteiger partial charge in [0.05, 0.1) is 17.8 Å². The minimum atomic E-state index is -0.616. The number of hydrogen-bond acceptors (Lipinski definition) is 5. The molecule has 1 N–H and O–H groups in total. The van der Waals surface area contributed by atoms with Gasteiger partial charge in [-0.15, -0.1) is 11.3 Å². The monoisotopic (exact) mass is 296 g/mol. The normalized spacial score (nSPS) is 12.7. The van der Waals surface area contributed by atoms with Crippen molar-refractivity contribution in [2.75, 3.05) is 7.11 Å². The Labute approximate surface area is 123 Å². The van der Waals surface area contributed by atoms with Crippen LogP contribution in [0.15, 0.2) is 11.5 Å². The van der Waals surface area contributed by atoms with E-state index in [4.69, 9.17) is 4.74 Å². The molecule has 6 heteroatoms. The predicted octanol–water partition coefficient (Wildman–Crippen LogP) is 2.17. The molecule has 0 saturated heterocycles. The lowest BCUT2D eigenvalue weighted by Gasteiger charge is -2.17. The summed E-state index contributed by atoms with van der Waals surface area (Å²) < 4.78 is 4.69. The van der Waals surface area contributed by atoms with Crippen molar-refractivity contribution in [3.63, 3.8) is 0 Å². The number of nitrogens with zero attached hydrogens (tertiary/aromatic N) is 1. The Morgan fingerprint density at radius 2 is 2.20 bits per heavy atom. The lowest BCUT2D eigenvalue weighted by molar-refractivity contribution is -0.145. The van der Waals surface area contributed by atoms with Crippen LogP contribution in [0.3, 0.4) is 0 Å². The first-order valence-corrected chi connectivity index (χ1v) is 7.29. The number of carbonyl (C=O) groups excluding carboxylic acids is 2. The molecule has 0 aliphatic rings. The zero-order chi connectivity index (χ0) is 15.1. The number of esters is 1. The SMILES string of the molecule is COC(=O)C(CC(C)C)NC(=O)/C=C/c1csc(C)n1. The molecule has 0 fully saturated rings. The van der Waals surface area contributed by atoms with Crippen LogP contribution in [0.5, 0.6) is 0 Å². The number of carbonyl (C=O) groups is 2. The Kier molecular flexibility index (Phi) is 6.38. The number of hydrogen-bond donors (Lipinski definition) is 1. The molecule has 1 unspecified atom stereocenters. The standard InChI is InChI=1S/C14H20N2O3S/c1-9(2)7-12(14(18)19-4)16-13(17)6-5-11-8-20-10(3)15-11/h5-6,8-9,12H,7H2,1-4H3,(H,16,17)/b6-5+. The summed E-state index contributed by atoms with van der Waals surface area (Å²) >= 11 is 1.52. The molecule has 20 heavy (non-hydrogen) atoms. The second-order valence-corrected chi connectivity index (χ2v) is 5.90.